The van der Waals surface area contributed by atoms with Crippen LogP contribution in [-0.4, -0.2) is 19.3 Å². The second kappa shape index (κ2) is 13.8. The number of nitrogens with zero attached hydrogens (tertiary/aromatic N) is 5. The van der Waals surface area contributed by atoms with Crippen LogP contribution in [0.4, 0.5) is 17.1 Å². The molecule has 5 nitrogen and oxygen atoms in total. The zero-order chi connectivity index (χ0) is 36.6. The monoisotopic (exact) mass is 705 g/mol. The second-order valence-electron chi connectivity index (χ2n) is 13.5. The number of para-hydroxylation sites is 3. The molecule has 55 heavy (non-hydrogen) atoms. The largest absolute Gasteiger partial charge is 0.310 e. The van der Waals surface area contributed by atoms with Crippen molar-refractivity contribution in [2.24, 2.45) is 0 Å². The Morgan fingerprint density at radius 1 is 0.327 bits per heavy atom. The van der Waals surface area contributed by atoms with Gasteiger partial charge in [0.2, 0.25) is 0 Å². The van der Waals surface area contributed by atoms with Crippen molar-refractivity contribution in [3.05, 3.63) is 212 Å². The van der Waals surface area contributed by atoms with E-state index in [4.69, 9.17) is 10.2 Å². The van der Waals surface area contributed by atoms with Gasteiger partial charge in [-0.05, 0) is 72.3 Å². The number of benzene rings is 8. The van der Waals surface area contributed by atoms with Gasteiger partial charge < -0.3 is 9.47 Å². The minimum Gasteiger partial charge on any atom is -0.310 e. The Morgan fingerprint density at radius 2 is 0.727 bits per heavy atom. The Balaban J connectivity index is 1.12. The standard InChI is InChI=1S/C50H35N5/c1-4-16-36(17-5-1)43-22-10-13-25-46(43)53(39-28-32-41(33-29-39)54-47-26-14-11-23-44(47)45-24-12-15-27-48(45)54)40-30-34-42(35-31-40)55-49(37-18-6-2-7-19-37)51-52-50(55)38-20-8-3-9-21-38/h1-35H. The van der Waals surface area contributed by atoms with E-state index in [1.54, 1.807) is 0 Å². The average molecular weight is 706 g/mol. The molecule has 0 atom stereocenters. The van der Waals surface area contributed by atoms with Gasteiger partial charge in [0.05, 0.1) is 16.7 Å². The summed E-state index contributed by atoms with van der Waals surface area (Å²) in [7, 11) is 0. The van der Waals surface area contributed by atoms with Gasteiger partial charge in [0.15, 0.2) is 11.6 Å². The Kier molecular flexibility index (Phi) is 8.08. The molecule has 0 aliphatic rings. The van der Waals surface area contributed by atoms with Crippen LogP contribution in [0.15, 0.2) is 212 Å². The van der Waals surface area contributed by atoms with Gasteiger partial charge in [-0.25, -0.2) is 0 Å². The van der Waals surface area contributed by atoms with E-state index in [1.807, 2.05) is 36.4 Å². The molecule has 0 bridgehead atoms. The van der Waals surface area contributed by atoms with Crippen LogP contribution in [0.5, 0.6) is 0 Å². The van der Waals surface area contributed by atoms with E-state index in [9.17, 15) is 0 Å². The first kappa shape index (κ1) is 32.2. The molecule has 10 rings (SSSR count). The molecule has 0 spiro atoms. The van der Waals surface area contributed by atoms with Crippen molar-refractivity contribution in [2.75, 3.05) is 4.90 Å². The zero-order valence-electron chi connectivity index (χ0n) is 29.9. The highest BCUT2D eigenvalue weighted by atomic mass is 15.3. The molecular weight excluding hydrogens is 671 g/mol. The first-order chi connectivity index (χ1) is 27.3. The molecule has 8 aromatic carbocycles. The quantitative estimate of drug-likeness (QED) is 0.158. The summed E-state index contributed by atoms with van der Waals surface area (Å²) in [6, 6.07) is 74.7. The number of fused-ring (bicyclic) bond motifs is 3. The molecule has 0 fully saturated rings. The van der Waals surface area contributed by atoms with E-state index in [0.29, 0.717) is 0 Å². The van der Waals surface area contributed by atoms with Crippen LogP contribution >= 0.6 is 0 Å². The van der Waals surface area contributed by atoms with Gasteiger partial charge in [0.25, 0.3) is 0 Å². The summed E-state index contributed by atoms with van der Waals surface area (Å²) in [6.45, 7) is 0. The second-order valence-corrected chi connectivity index (χ2v) is 13.5. The number of hydrogen-bond acceptors (Lipinski definition) is 3. The van der Waals surface area contributed by atoms with Crippen molar-refractivity contribution < 1.29 is 0 Å². The van der Waals surface area contributed by atoms with Crippen LogP contribution in [0, 0.1) is 0 Å². The van der Waals surface area contributed by atoms with Crippen molar-refractivity contribution in [3.8, 4) is 45.3 Å². The van der Waals surface area contributed by atoms with Gasteiger partial charge in [-0.2, -0.15) is 0 Å². The molecule has 0 amide bonds. The highest BCUT2D eigenvalue weighted by Gasteiger charge is 2.21. The summed E-state index contributed by atoms with van der Waals surface area (Å²) in [6.07, 6.45) is 0. The van der Waals surface area contributed by atoms with Gasteiger partial charge in [0, 0.05) is 50.2 Å². The molecule has 10 aromatic rings. The smallest absolute Gasteiger partial charge is 0.168 e. The van der Waals surface area contributed by atoms with Gasteiger partial charge >= 0.3 is 0 Å². The fraction of sp³-hybridized carbons (Fsp3) is 0. The molecule has 2 heterocycles. The van der Waals surface area contributed by atoms with Crippen molar-refractivity contribution >= 4 is 38.9 Å². The summed E-state index contributed by atoms with van der Waals surface area (Å²) < 4.78 is 4.51. The molecule has 2 aromatic heterocycles. The maximum absolute atomic E-state index is 4.70. The predicted molar refractivity (Wildman–Crippen MR) is 227 cm³/mol. The van der Waals surface area contributed by atoms with Crippen LogP contribution in [-0.2, 0) is 0 Å². The topological polar surface area (TPSA) is 38.9 Å². The Labute approximate surface area is 319 Å². The highest BCUT2D eigenvalue weighted by Crippen LogP contribution is 2.42. The van der Waals surface area contributed by atoms with Crippen LogP contribution in [0.1, 0.15) is 0 Å². The highest BCUT2D eigenvalue weighted by molar-refractivity contribution is 6.09. The third kappa shape index (κ3) is 5.75. The van der Waals surface area contributed by atoms with Crippen molar-refractivity contribution in [1.82, 2.24) is 19.3 Å². The van der Waals surface area contributed by atoms with E-state index in [2.05, 4.69) is 190 Å². The molecule has 0 aliphatic carbocycles. The number of rotatable bonds is 8. The minimum absolute atomic E-state index is 0.791. The lowest BCUT2D eigenvalue weighted by Crippen LogP contribution is -2.11. The maximum Gasteiger partial charge on any atom is 0.168 e. The third-order valence-electron chi connectivity index (χ3n) is 10.3. The summed E-state index contributed by atoms with van der Waals surface area (Å²) in [5.41, 5.74) is 12.0. The Bertz CT molecular complexity index is 2780. The molecule has 260 valence electrons. The first-order valence-corrected chi connectivity index (χ1v) is 18.5. The summed E-state index contributed by atoms with van der Waals surface area (Å²) in [5.74, 6) is 1.58. The lowest BCUT2D eigenvalue weighted by Gasteiger charge is -2.28. The van der Waals surface area contributed by atoms with E-state index in [0.717, 1.165) is 62.3 Å². The summed E-state index contributed by atoms with van der Waals surface area (Å²) >= 11 is 0. The van der Waals surface area contributed by atoms with E-state index in [1.165, 1.54) is 21.8 Å². The van der Waals surface area contributed by atoms with Crippen molar-refractivity contribution in [3.63, 3.8) is 0 Å². The normalized spacial score (nSPS) is 11.3. The van der Waals surface area contributed by atoms with Gasteiger partial charge in [-0.1, -0.05) is 146 Å². The SMILES string of the molecule is c1ccc(-c2ccccc2N(c2ccc(-n3c(-c4ccccc4)nnc3-c3ccccc3)cc2)c2ccc(-n3c4ccccc4c4ccccc43)cc2)cc1. The molecular formula is C50H35N5. The summed E-state index contributed by atoms with van der Waals surface area (Å²) in [5, 5.41) is 11.9. The van der Waals surface area contributed by atoms with E-state index in [-0.39, 0.29) is 0 Å². The van der Waals surface area contributed by atoms with Crippen LogP contribution in [0.3, 0.4) is 0 Å². The Morgan fingerprint density at radius 3 is 1.24 bits per heavy atom. The number of aromatic nitrogens is 4. The van der Waals surface area contributed by atoms with E-state index < -0.39 is 0 Å². The van der Waals surface area contributed by atoms with Crippen LogP contribution in [0.2, 0.25) is 0 Å². The first-order valence-electron chi connectivity index (χ1n) is 18.5. The van der Waals surface area contributed by atoms with Gasteiger partial charge in [0.1, 0.15) is 0 Å². The Hall–Kier alpha value is -7.50. The fourth-order valence-corrected chi connectivity index (χ4v) is 7.74. The third-order valence-corrected chi connectivity index (χ3v) is 10.3. The number of anilines is 3. The molecule has 0 aliphatic heterocycles. The zero-order valence-corrected chi connectivity index (χ0v) is 29.9. The number of hydrogen-bond donors (Lipinski definition) is 0. The lowest BCUT2D eigenvalue weighted by atomic mass is 10.0. The van der Waals surface area contributed by atoms with Gasteiger partial charge in [-0.15, -0.1) is 10.2 Å². The van der Waals surface area contributed by atoms with Gasteiger partial charge in [-0.3, -0.25) is 4.57 Å². The average Bonchev–Trinajstić information content (AvgIpc) is 3.86. The maximum atomic E-state index is 4.70. The molecule has 0 saturated carbocycles. The van der Waals surface area contributed by atoms with E-state index >= 15 is 0 Å². The predicted octanol–water partition coefficient (Wildman–Crippen LogP) is 12.8. The fourth-order valence-electron chi connectivity index (χ4n) is 7.74. The molecule has 5 heteroatoms. The minimum atomic E-state index is 0.791. The van der Waals surface area contributed by atoms with Crippen molar-refractivity contribution in [2.45, 2.75) is 0 Å². The summed E-state index contributed by atoms with van der Waals surface area (Å²) in [4.78, 5) is 2.35. The molecule has 0 saturated heterocycles. The van der Waals surface area contributed by atoms with Crippen LogP contribution in [0.25, 0.3) is 67.1 Å². The lowest BCUT2D eigenvalue weighted by molar-refractivity contribution is 1.07. The van der Waals surface area contributed by atoms with Crippen molar-refractivity contribution in [1.29, 1.82) is 0 Å². The molecule has 0 N–H and O–H groups in total. The molecule has 0 radical (unpaired) electrons. The van der Waals surface area contributed by atoms with Crippen LogP contribution < -0.4 is 4.90 Å². The molecule has 0 unspecified atom stereocenters.